The van der Waals surface area contributed by atoms with Gasteiger partial charge in [-0.25, -0.2) is 4.79 Å². The second-order valence-electron chi connectivity index (χ2n) is 4.78. The number of ether oxygens (including phenoxy) is 2. The van der Waals surface area contributed by atoms with Crippen molar-refractivity contribution in [3.63, 3.8) is 0 Å². The lowest BCUT2D eigenvalue weighted by molar-refractivity contribution is 0.0600. The summed E-state index contributed by atoms with van der Waals surface area (Å²) in [4.78, 5) is 22.6. The van der Waals surface area contributed by atoms with E-state index in [-0.39, 0.29) is 11.8 Å². The molecule has 2 aromatic carbocycles. The monoisotopic (exact) mass is 299 g/mol. The lowest BCUT2D eigenvalue weighted by atomic mass is 10.1. The summed E-state index contributed by atoms with van der Waals surface area (Å²) < 4.78 is 10.3. The van der Waals surface area contributed by atoms with Crippen LogP contribution in [0.15, 0.2) is 42.5 Å². The van der Waals surface area contributed by atoms with E-state index in [0.29, 0.717) is 29.2 Å². The third kappa shape index (κ3) is 3.63. The molecular formula is C17H17NO4. The number of carbonyl (C=O) groups is 2. The maximum absolute atomic E-state index is 11.3. The fraction of sp³-hybridized carbons (Fsp3) is 0.176. The van der Waals surface area contributed by atoms with Crippen LogP contribution in [-0.4, -0.2) is 18.9 Å². The summed E-state index contributed by atoms with van der Waals surface area (Å²) in [6.07, 6.45) is 0. The molecule has 114 valence electrons. The van der Waals surface area contributed by atoms with Crippen LogP contribution in [0.25, 0.3) is 0 Å². The number of methoxy groups -OCH3 is 1. The van der Waals surface area contributed by atoms with Gasteiger partial charge in [0, 0.05) is 17.3 Å². The minimum absolute atomic E-state index is 0.0811. The minimum atomic E-state index is -0.375. The molecule has 0 atom stereocenters. The minimum Gasteiger partial charge on any atom is -0.489 e. The van der Waals surface area contributed by atoms with Gasteiger partial charge in [-0.2, -0.15) is 0 Å². The number of hydrogen-bond acceptors (Lipinski definition) is 5. The second kappa shape index (κ2) is 6.76. The number of ketones is 1. The Balaban J connectivity index is 2.02. The Morgan fingerprint density at radius 1 is 1.09 bits per heavy atom. The molecular weight excluding hydrogens is 282 g/mol. The number of hydrogen-bond donors (Lipinski definition) is 1. The van der Waals surface area contributed by atoms with Crippen LogP contribution >= 0.6 is 0 Å². The molecule has 0 aliphatic carbocycles. The number of carbonyl (C=O) groups excluding carboxylic acids is 2. The lowest BCUT2D eigenvalue weighted by Gasteiger charge is -2.09. The van der Waals surface area contributed by atoms with Crippen LogP contribution in [0.4, 0.5) is 5.69 Å². The Hall–Kier alpha value is -2.82. The van der Waals surface area contributed by atoms with Gasteiger partial charge in [0.15, 0.2) is 5.78 Å². The van der Waals surface area contributed by atoms with Gasteiger partial charge in [-0.1, -0.05) is 12.1 Å². The van der Waals surface area contributed by atoms with Gasteiger partial charge in [0.1, 0.15) is 12.4 Å². The van der Waals surface area contributed by atoms with Gasteiger partial charge < -0.3 is 15.2 Å². The van der Waals surface area contributed by atoms with Crippen LogP contribution in [0, 0.1) is 0 Å². The molecule has 5 heteroatoms. The van der Waals surface area contributed by atoms with E-state index in [0.717, 1.165) is 5.56 Å². The van der Waals surface area contributed by atoms with E-state index in [4.69, 9.17) is 10.5 Å². The predicted molar refractivity (Wildman–Crippen MR) is 83.0 cm³/mol. The quantitative estimate of drug-likeness (QED) is 0.522. The number of nitrogen functional groups attached to an aromatic ring is 1. The normalized spacial score (nSPS) is 10.1. The van der Waals surface area contributed by atoms with E-state index >= 15 is 0 Å². The Bertz CT molecular complexity index is 692. The Labute approximate surface area is 128 Å². The van der Waals surface area contributed by atoms with E-state index in [9.17, 15) is 9.59 Å². The Kier molecular flexibility index (Phi) is 4.78. The molecule has 2 aromatic rings. The van der Waals surface area contributed by atoms with E-state index in [1.54, 1.807) is 42.5 Å². The molecule has 0 fully saturated rings. The summed E-state index contributed by atoms with van der Waals surface area (Å²) >= 11 is 0. The molecule has 0 radical (unpaired) electrons. The lowest BCUT2D eigenvalue weighted by Crippen LogP contribution is -2.03. The standard InChI is InChI=1S/C17H17NO4/c1-11(19)15-8-7-14(9-16(15)18)22-10-12-3-5-13(6-4-12)17(20)21-2/h3-9H,10,18H2,1-2H3. The number of benzene rings is 2. The van der Waals surface area contributed by atoms with Gasteiger partial charge in [-0.15, -0.1) is 0 Å². The highest BCUT2D eigenvalue weighted by Gasteiger charge is 2.07. The summed E-state index contributed by atoms with van der Waals surface area (Å²) in [5.41, 5.74) is 8.08. The van der Waals surface area contributed by atoms with Gasteiger partial charge in [-0.3, -0.25) is 4.79 Å². The summed E-state index contributed by atoms with van der Waals surface area (Å²) in [7, 11) is 1.34. The summed E-state index contributed by atoms with van der Waals surface area (Å²) in [6, 6.07) is 11.9. The Morgan fingerprint density at radius 3 is 2.32 bits per heavy atom. The molecule has 0 amide bonds. The maximum atomic E-state index is 11.3. The van der Waals surface area contributed by atoms with Crippen molar-refractivity contribution in [2.24, 2.45) is 0 Å². The van der Waals surface area contributed by atoms with Crippen molar-refractivity contribution in [2.75, 3.05) is 12.8 Å². The van der Waals surface area contributed by atoms with Crippen LogP contribution in [0.1, 0.15) is 33.2 Å². The average Bonchev–Trinajstić information content (AvgIpc) is 2.52. The van der Waals surface area contributed by atoms with Crippen molar-refractivity contribution >= 4 is 17.4 Å². The zero-order valence-corrected chi connectivity index (χ0v) is 12.5. The largest absolute Gasteiger partial charge is 0.489 e. The topological polar surface area (TPSA) is 78.6 Å². The molecule has 2 rings (SSSR count). The van der Waals surface area contributed by atoms with Crippen molar-refractivity contribution in [3.8, 4) is 5.75 Å². The molecule has 0 heterocycles. The molecule has 0 unspecified atom stereocenters. The van der Waals surface area contributed by atoms with Crippen LogP contribution in [-0.2, 0) is 11.3 Å². The number of nitrogens with two attached hydrogens (primary N) is 1. The first-order chi connectivity index (χ1) is 10.5. The zero-order valence-electron chi connectivity index (χ0n) is 12.5. The number of anilines is 1. The van der Waals surface area contributed by atoms with Crippen LogP contribution < -0.4 is 10.5 Å². The molecule has 2 N–H and O–H groups in total. The van der Waals surface area contributed by atoms with Crippen LogP contribution in [0.2, 0.25) is 0 Å². The molecule has 0 aliphatic rings. The number of Topliss-reactive ketones (excluding diaryl/α,β-unsaturated/α-hetero) is 1. The molecule has 0 spiro atoms. The molecule has 22 heavy (non-hydrogen) atoms. The van der Waals surface area contributed by atoms with E-state index in [1.165, 1.54) is 14.0 Å². The molecule has 0 bridgehead atoms. The van der Waals surface area contributed by atoms with Gasteiger partial charge in [0.2, 0.25) is 0 Å². The average molecular weight is 299 g/mol. The first kappa shape index (κ1) is 15.6. The first-order valence-electron chi connectivity index (χ1n) is 6.72. The Morgan fingerprint density at radius 2 is 1.77 bits per heavy atom. The first-order valence-corrected chi connectivity index (χ1v) is 6.72. The fourth-order valence-electron chi connectivity index (χ4n) is 1.97. The predicted octanol–water partition coefficient (Wildman–Crippen LogP) is 2.84. The van der Waals surface area contributed by atoms with Crippen LogP contribution in [0.5, 0.6) is 5.75 Å². The van der Waals surface area contributed by atoms with Crippen molar-refractivity contribution < 1.29 is 19.1 Å². The molecule has 5 nitrogen and oxygen atoms in total. The summed E-state index contributed by atoms with van der Waals surface area (Å²) in [6.45, 7) is 1.80. The van der Waals surface area contributed by atoms with Gasteiger partial charge in [-0.05, 0) is 36.8 Å². The molecule has 0 saturated carbocycles. The highest BCUT2D eigenvalue weighted by molar-refractivity contribution is 5.99. The van der Waals surface area contributed by atoms with Crippen molar-refractivity contribution in [2.45, 2.75) is 13.5 Å². The smallest absolute Gasteiger partial charge is 0.337 e. The summed E-state index contributed by atoms with van der Waals surface area (Å²) in [5, 5.41) is 0. The molecule has 0 aliphatic heterocycles. The number of rotatable bonds is 5. The van der Waals surface area contributed by atoms with Gasteiger partial charge >= 0.3 is 5.97 Å². The molecule has 0 saturated heterocycles. The highest BCUT2D eigenvalue weighted by atomic mass is 16.5. The zero-order chi connectivity index (χ0) is 16.1. The molecule has 0 aromatic heterocycles. The number of esters is 1. The van der Waals surface area contributed by atoms with Gasteiger partial charge in [0.25, 0.3) is 0 Å². The third-order valence-electron chi connectivity index (χ3n) is 3.18. The van der Waals surface area contributed by atoms with Crippen molar-refractivity contribution in [1.82, 2.24) is 0 Å². The van der Waals surface area contributed by atoms with E-state index < -0.39 is 0 Å². The van der Waals surface area contributed by atoms with Crippen molar-refractivity contribution in [3.05, 3.63) is 59.2 Å². The van der Waals surface area contributed by atoms with E-state index in [2.05, 4.69) is 4.74 Å². The van der Waals surface area contributed by atoms with E-state index in [1.807, 2.05) is 0 Å². The maximum Gasteiger partial charge on any atom is 0.337 e. The summed E-state index contributed by atoms with van der Waals surface area (Å²) in [5.74, 6) is 0.127. The van der Waals surface area contributed by atoms with Crippen LogP contribution in [0.3, 0.4) is 0 Å². The van der Waals surface area contributed by atoms with Crippen molar-refractivity contribution in [1.29, 1.82) is 0 Å². The fourth-order valence-corrected chi connectivity index (χ4v) is 1.97. The van der Waals surface area contributed by atoms with Gasteiger partial charge in [0.05, 0.1) is 12.7 Å². The highest BCUT2D eigenvalue weighted by Crippen LogP contribution is 2.21. The second-order valence-corrected chi connectivity index (χ2v) is 4.78. The third-order valence-corrected chi connectivity index (χ3v) is 3.18. The SMILES string of the molecule is COC(=O)c1ccc(COc2ccc(C(C)=O)c(N)c2)cc1.